The molecule has 0 saturated carbocycles. The lowest BCUT2D eigenvalue weighted by Crippen LogP contribution is -2.28. The smallest absolute Gasteiger partial charge is 0.0366 e. The van der Waals surface area contributed by atoms with Crippen LogP contribution in [0.4, 0.5) is 5.69 Å². The van der Waals surface area contributed by atoms with Crippen LogP contribution in [-0.4, -0.2) is 25.7 Å². The SMILES string of the molecule is CCNC(C)CCCN(CC)c1ccccc1. The molecule has 0 bridgehead atoms. The summed E-state index contributed by atoms with van der Waals surface area (Å²) in [6.07, 6.45) is 2.49. The van der Waals surface area contributed by atoms with Crippen molar-refractivity contribution in [1.82, 2.24) is 5.32 Å². The van der Waals surface area contributed by atoms with Crippen LogP contribution in [0.15, 0.2) is 30.3 Å². The second kappa shape index (κ2) is 8.13. The van der Waals surface area contributed by atoms with Gasteiger partial charge in [-0.2, -0.15) is 0 Å². The predicted molar refractivity (Wildman–Crippen MR) is 76.7 cm³/mol. The molecule has 1 aromatic rings. The molecular formula is C15H26N2. The van der Waals surface area contributed by atoms with Crippen molar-refractivity contribution in [3.05, 3.63) is 30.3 Å². The Morgan fingerprint density at radius 2 is 1.88 bits per heavy atom. The van der Waals surface area contributed by atoms with E-state index in [1.807, 2.05) is 0 Å². The standard InChI is InChI=1S/C15H26N2/c1-4-16-14(3)10-9-13-17(5-2)15-11-7-6-8-12-15/h6-8,11-12,14,16H,4-5,9-10,13H2,1-3H3. The van der Waals surface area contributed by atoms with Gasteiger partial charge in [0.15, 0.2) is 0 Å². The van der Waals surface area contributed by atoms with Gasteiger partial charge in [0.1, 0.15) is 0 Å². The van der Waals surface area contributed by atoms with Crippen LogP contribution in [0.5, 0.6) is 0 Å². The molecule has 1 rings (SSSR count). The molecule has 0 aliphatic heterocycles. The van der Waals surface area contributed by atoms with Crippen LogP contribution in [0.1, 0.15) is 33.6 Å². The van der Waals surface area contributed by atoms with Gasteiger partial charge in [0.25, 0.3) is 0 Å². The third-order valence-corrected chi connectivity index (χ3v) is 3.12. The van der Waals surface area contributed by atoms with Gasteiger partial charge < -0.3 is 10.2 Å². The molecule has 2 nitrogen and oxygen atoms in total. The highest BCUT2D eigenvalue weighted by Gasteiger charge is 2.04. The first-order chi connectivity index (χ1) is 8.27. The Hall–Kier alpha value is -1.02. The molecule has 0 heterocycles. The van der Waals surface area contributed by atoms with Gasteiger partial charge >= 0.3 is 0 Å². The highest BCUT2D eigenvalue weighted by molar-refractivity contribution is 5.45. The Morgan fingerprint density at radius 3 is 2.47 bits per heavy atom. The number of anilines is 1. The topological polar surface area (TPSA) is 15.3 Å². The molecule has 96 valence electrons. The highest BCUT2D eigenvalue weighted by Crippen LogP contribution is 2.13. The molecule has 1 unspecified atom stereocenters. The maximum atomic E-state index is 3.46. The van der Waals surface area contributed by atoms with Gasteiger partial charge in [-0.05, 0) is 45.4 Å². The highest BCUT2D eigenvalue weighted by atomic mass is 15.1. The first-order valence-corrected chi connectivity index (χ1v) is 6.81. The number of benzene rings is 1. The van der Waals surface area contributed by atoms with Crippen LogP contribution in [0.2, 0.25) is 0 Å². The molecule has 2 heteroatoms. The van der Waals surface area contributed by atoms with E-state index in [0.29, 0.717) is 6.04 Å². The number of rotatable bonds is 8. The molecule has 0 saturated heterocycles. The van der Waals surface area contributed by atoms with E-state index in [9.17, 15) is 0 Å². The fraction of sp³-hybridized carbons (Fsp3) is 0.600. The van der Waals surface area contributed by atoms with E-state index in [4.69, 9.17) is 0 Å². The summed E-state index contributed by atoms with van der Waals surface area (Å²) >= 11 is 0. The second-order valence-electron chi connectivity index (χ2n) is 4.52. The third kappa shape index (κ3) is 5.22. The van der Waals surface area contributed by atoms with Gasteiger partial charge in [0.05, 0.1) is 0 Å². The fourth-order valence-corrected chi connectivity index (χ4v) is 2.15. The first-order valence-electron chi connectivity index (χ1n) is 6.81. The Morgan fingerprint density at radius 1 is 1.18 bits per heavy atom. The van der Waals surface area contributed by atoms with Gasteiger partial charge in [-0.15, -0.1) is 0 Å². The van der Waals surface area contributed by atoms with Crippen molar-refractivity contribution in [2.45, 2.75) is 39.7 Å². The van der Waals surface area contributed by atoms with Crippen molar-refractivity contribution >= 4 is 5.69 Å². The zero-order valence-corrected chi connectivity index (χ0v) is 11.4. The van der Waals surface area contributed by atoms with E-state index < -0.39 is 0 Å². The third-order valence-electron chi connectivity index (χ3n) is 3.12. The fourth-order valence-electron chi connectivity index (χ4n) is 2.15. The summed E-state index contributed by atoms with van der Waals surface area (Å²) < 4.78 is 0. The number of nitrogens with zero attached hydrogens (tertiary/aromatic N) is 1. The number of para-hydroxylation sites is 1. The van der Waals surface area contributed by atoms with E-state index in [2.05, 4.69) is 61.3 Å². The number of hydrogen-bond donors (Lipinski definition) is 1. The van der Waals surface area contributed by atoms with Crippen LogP contribution < -0.4 is 10.2 Å². The molecule has 0 spiro atoms. The van der Waals surface area contributed by atoms with Gasteiger partial charge in [-0.25, -0.2) is 0 Å². The number of nitrogens with one attached hydrogen (secondary N) is 1. The van der Waals surface area contributed by atoms with E-state index in [1.54, 1.807) is 0 Å². The van der Waals surface area contributed by atoms with Crippen molar-refractivity contribution in [1.29, 1.82) is 0 Å². The predicted octanol–water partition coefficient (Wildman–Crippen LogP) is 3.29. The summed E-state index contributed by atoms with van der Waals surface area (Å²) in [5.41, 5.74) is 1.34. The molecule has 0 aliphatic rings. The average Bonchev–Trinajstić information content (AvgIpc) is 2.36. The molecule has 1 atom stereocenters. The molecule has 0 amide bonds. The minimum absolute atomic E-state index is 0.634. The molecule has 0 radical (unpaired) electrons. The molecule has 0 fully saturated rings. The van der Waals surface area contributed by atoms with Crippen LogP contribution in [-0.2, 0) is 0 Å². The van der Waals surface area contributed by atoms with Crippen molar-refractivity contribution in [2.75, 3.05) is 24.5 Å². The van der Waals surface area contributed by atoms with Crippen LogP contribution in [0, 0.1) is 0 Å². The summed E-state index contributed by atoms with van der Waals surface area (Å²) in [7, 11) is 0. The van der Waals surface area contributed by atoms with Gasteiger partial charge in [0.2, 0.25) is 0 Å². The lowest BCUT2D eigenvalue weighted by atomic mass is 10.1. The Balaban J connectivity index is 2.33. The molecule has 17 heavy (non-hydrogen) atoms. The summed E-state index contributed by atoms with van der Waals surface area (Å²) in [6.45, 7) is 9.95. The maximum absolute atomic E-state index is 3.46. The lowest BCUT2D eigenvalue weighted by Gasteiger charge is -2.24. The molecular weight excluding hydrogens is 208 g/mol. The largest absolute Gasteiger partial charge is 0.372 e. The van der Waals surface area contributed by atoms with Gasteiger partial charge in [-0.3, -0.25) is 0 Å². The average molecular weight is 234 g/mol. The van der Waals surface area contributed by atoms with Crippen LogP contribution in [0.25, 0.3) is 0 Å². The van der Waals surface area contributed by atoms with E-state index >= 15 is 0 Å². The molecule has 0 aromatic heterocycles. The van der Waals surface area contributed by atoms with Gasteiger partial charge in [0, 0.05) is 24.8 Å². The monoisotopic (exact) mass is 234 g/mol. The summed E-state index contributed by atoms with van der Waals surface area (Å²) in [5.74, 6) is 0. The van der Waals surface area contributed by atoms with Crippen molar-refractivity contribution < 1.29 is 0 Å². The number of hydrogen-bond acceptors (Lipinski definition) is 2. The van der Waals surface area contributed by atoms with Crippen molar-refractivity contribution in [3.63, 3.8) is 0 Å². The van der Waals surface area contributed by atoms with Crippen LogP contribution in [0.3, 0.4) is 0 Å². The minimum Gasteiger partial charge on any atom is -0.372 e. The molecule has 0 aliphatic carbocycles. The zero-order chi connectivity index (χ0) is 12.5. The van der Waals surface area contributed by atoms with Crippen LogP contribution >= 0.6 is 0 Å². The van der Waals surface area contributed by atoms with Gasteiger partial charge in [-0.1, -0.05) is 25.1 Å². The van der Waals surface area contributed by atoms with E-state index in [1.165, 1.54) is 18.5 Å². The Labute approximate surface area is 106 Å². The molecule has 1 aromatic carbocycles. The Bertz CT molecular complexity index is 284. The maximum Gasteiger partial charge on any atom is 0.0366 e. The summed E-state index contributed by atoms with van der Waals surface area (Å²) in [5, 5.41) is 3.46. The second-order valence-corrected chi connectivity index (χ2v) is 4.52. The quantitative estimate of drug-likeness (QED) is 0.742. The van der Waals surface area contributed by atoms with Crippen molar-refractivity contribution in [2.24, 2.45) is 0 Å². The normalized spacial score (nSPS) is 12.4. The van der Waals surface area contributed by atoms with E-state index in [0.717, 1.165) is 19.6 Å². The molecule has 1 N–H and O–H groups in total. The summed E-state index contributed by atoms with van der Waals surface area (Å²) in [4.78, 5) is 2.44. The zero-order valence-electron chi connectivity index (χ0n) is 11.4. The summed E-state index contributed by atoms with van der Waals surface area (Å²) in [6, 6.07) is 11.3. The van der Waals surface area contributed by atoms with E-state index in [-0.39, 0.29) is 0 Å². The first kappa shape index (κ1) is 14.0. The minimum atomic E-state index is 0.634. The van der Waals surface area contributed by atoms with Crippen molar-refractivity contribution in [3.8, 4) is 0 Å². The Kier molecular flexibility index (Phi) is 6.71. The lowest BCUT2D eigenvalue weighted by molar-refractivity contribution is 0.511.